The van der Waals surface area contributed by atoms with E-state index < -0.39 is 0 Å². The van der Waals surface area contributed by atoms with Gasteiger partial charge in [0.05, 0.1) is 5.92 Å². The zero-order chi connectivity index (χ0) is 13.8. The van der Waals surface area contributed by atoms with Gasteiger partial charge < -0.3 is 10.2 Å². The van der Waals surface area contributed by atoms with Crippen LogP contribution in [0.1, 0.15) is 20.3 Å². The quantitative estimate of drug-likeness (QED) is 0.909. The van der Waals surface area contributed by atoms with Crippen LogP contribution in [0.4, 0.5) is 10.1 Å². The first-order valence-corrected chi connectivity index (χ1v) is 6.89. The number of piperidine rings is 1. The largest absolute Gasteiger partial charge is 0.316 e. The summed E-state index contributed by atoms with van der Waals surface area (Å²) in [5.74, 6) is 0.400. The molecule has 1 amide bonds. The van der Waals surface area contributed by atoms with Crippen LogP contribution < -0.4 is 10.2 Å². The van der Waals surface area contributed by atoms with E-state index in [1.807, 2.05) is 6.92 Å². The van der Waals surface area contributed by atoms with Gasteiger partial charge in [-0.15, -0.1) is 0 Å². The average molecular weight is 264 g/mol. The minimum absolute atomic E-state index is 0.0220. The molecule has 1 heterocycles. The summed E-state index contributed by atoms with van der Waals surface area (Å²) < 4.78 is 12.9. The number of halogens is 1. The van der Waals surface area contributed by atoms with Gasteiger partial charge in [0.2, 0.25) is 5.91 Å². The summed E-state index contributed by atoms with van der Waals surface area (Å²) in [7, 11) is 0. The lowest BCUT2D eigenvalue weighted by molar-refractivity contribution is -0.123. The van der Waals surface area contributed by atoms with Gasteiger partial charge in [-0.3, -0.25) is 4.79 Å². The van der Waals surface area contributed by atoms with Crippen LogP contribution in [-0.2, 0) is 4.79 Å². The van der Waals surface area contributed by atoms with Crippen LogP contribution in [0.25, 0.3) is 0 Å². The van der Waals surface area contributed by atoms with Crippen LogP contribution >= 0.6 is 0 Å². The zero-order valence-corrected chi connectivity index (χ0v) is 11.5. The number of carbonyl (C=O) groups excluding carboxylic acids is 1. The molecule has 1 aromatic carbocycles. The van der Waals surface area contributed by atoms with Crippen molar-refractivity contribution in [3.8, 4) is 0 Å². The maximum Gasteiger partial charge on any atom is 0.231 e. The molecule has 0 aromatic heterocycles. The number of benzene rings is 1. The summed E-state index contributed by atoms with van der Waals surface area (Å²) in [6, 6.07) is 6.12. The predicted octanol–water partition coefficient (Wildman–Crippen LogP) is 2.42. The molecule has 2 unspecified atom stereocenters. The fourth-order valence-corrected chi connectivity index (χ4v) is 2.65. The third kappa shape index (κ3) is 3.32. The number of hydrogen-bond acceptors (Lipinski definition) is 2. The monoisotopic (exact) mass is 264 g/mol. The molecular formula is C15H21FN2O. The molecule has 1 fully saturated rings. The molecule has 2 atom stereocenters. The van der Waals surface area contributed by atoms with E-state index in [1.54, 1.807) is 17.0 Å². The highest BCUT2D eigenvalue weighted by atomic mass is 19.1. The normalized spacial score (nSPS) is 23.1. The SMILES string of the molecule is CCN(C(=O)C1CNCC(C)C1)c1ccc(F)cc1. The molecule has 0 spiro atoms. The van der Waals surface area contributed by atoms with E-state index in [-0.39, 0.29) is 17.6 Å². The first-order valence-electron chi connectivity index (χ1n) is 6.89. The molecule has 104 valence electrons. The fourth-order valence-electron chi connectivity index (χ4n) is 2.65. The van der Waals surface area contributed by atoms with Crippen molar-refractivity contribution in [2.45, 2.75) is 20.3 Å². The second kappa shape index (κ2) is 6.15. The van der Waals surface area contributed by atoms with Crippen LogP contribution in [0.2, 0.25) is 0 Å². The first-order chi connectivity index (χ1) is 9.11. The maximum atomic E-state index is 12.9. The molecule has 4 heteroatoms. The van der Waals surface area contributed by atoms with Gasteiger partial charge in [-0.25, -0.2) is 4.39 Å². The van der Waals surface area contributed by atoms with Crippen molar-refractivity contribution in [1.29, 1.82) is 0 Å². The Labute approximate surface area is 113 Å². The van der Waals surface area contributed by atoms with Gasteiger partial charge in [0.1, 0.15) is 5.82 Å². The lowest BCUT2D eigenvalue weighted by Crippen LogP contribution is -2.45. The van der Waals surface area contributed by atoms with Crippen LogP contribution in [0.15, 0.2) is 24.3 Å². The highest BCUT2D eigenvalue weighted by Gasteiger charge is 2.28. The lowest BCUT2D eigenvalue weighted by Gasteiger charge is -2.31. The second-order valence-electron chi connectivity index (χ2n) is 5.25. The molecule has 1 saturated heterocycles. The number of rotatable bonds is 3. The Hall–Kier alpha value is -1.42. The molecule has 3 nitrogen and oxygen atoms in total. The summed E-state index contributed by atoms with van der Waals surface area (Å²) in [6.45, 7) is 6.42. The van der Waals surface area contributed by atoms with Crippen molar-refractivity contribution < 1.29 is 9.18 Å². The Morgan fingerprint density at radius 2 is 2.05 bits per heavy atom. The van der Waals surface area contributed by atoms with Crippen molar-refractivity contribution in [3.05, 3.63) is 30.1 Å². The Balaban J connectivity index is 2.12. The van der Waals surface area contributed by atoms with Crippen LogP contribution in [0.3, 0.4) is 0 Å². The molecular weight excluding hydrogens is 243 g/mol. The van der Waals surface area contributed by atoms with Crippen molar-refractivity contribution >= 4 is 11.6 Å². The summed E-state index contributed by atoms with van der Waals surface area (Å²) >= 11 is 0. The van der Waals surface area contributed by atoms with Gasteiger partial charge in [-0.05, 0) is 50.1 Å². The molecule has 1 aromatic rings. The number of hydrogen-bond donors (Lipinski definition) is 1. The van der Waals surface area contributed by atoms with Gasteiger partial charge in [0.15, 0.2) is 0 Å². The molecule has 1 aliphatic heterocycles. The third-order valence-corrected chi connectivity index (χ3v) is 3.64. The molecule has 0 radical (unpaired) electrons. The highest BCUT2D eigenvalue weighted by molar-refractivity contribution is 5.95. The molecule has 1 N–H and O–H groups in total. The number of anilines is 1. The molecule has 1 aliphatic rings. The van der Waals surface area contributed by atoms with Gasteiger partial charge in [0, 0.05) is 18.8 Å². The topological polar surface area (TPSA) is 32.3 Å². The van der Waals surface area contributed by atoms with Gasteiger partial charge >= 0.3 is 0 Å². The number of carbonyl (C=O) groups is 1. The van der Waals surface area contributed by atoms with Crippen LogP contribution in [0, 0.1) is 17.7 Å². The smallest absolute Gasteiger partial charge is 0.231 e. The molecule has 0 bridgehead atoms. The fraction of sp³-hybridized carbons (Fsp3) is 0.533. The number of nitrogens with zero attached hydrogens (tertiary/aromatic N) is 1. The number of nitrogens with one attached hydrogen (secondary N) is 1. The van der Waals surface area contributed by atoms with Crippen LogP contribution in [0.5, 0.6) is 0 Å². The average Bonchev–Trinajstić information content (AvgIpc) is 2.41. The van der Waals surface area contributed by atoms with Crippen molar-refractivity contribution in [2.24, 2.45) is 11.8 Å². The Morgan fingerprint density at radius 3 is 2.63 bits per heavy atom. The second-order valence-corrected chi connectivity index (χ2v) is 5.25. The first kappa shape index (κ1) is 14.0. The van der Waals surface area contributed by atoms with Gasteiger partial charge in [-0.1, -0.05) is 6.92 Å². The van der Waals surface area contributed by atoms with E-state index in [1.165, 1.54) is 12.1 Å². The summed E-state index contributed by atoms with van der Waals surface area (Å²) in [5.41, 5.74) is 0.770. The Kier molecular flexibility index (Phi) is 4.53. The van der Waals surface area contributed by atoms with E-state index in [2.05, 4.69) is 12.2 Å². The maximum absolute atomic E-state index is 12.9. The minimum Gasteiger partial charge on any atom is -0.316 e. The number of amides is 1. The van der Waals surface area contributed by atoms with Crippen LogP contribution in [-0.4, -0.2) is 25.5 Å². The molecule has 2 rings (SSSR count). The summed E-state index contributed by atoms with van der Waals surface area (Å²) in [4.78, 5) is 14.3. The molecule has 0 saturated carbocycles. The molecule has 0 aliphatic carbocycles. The highest BCUT2D eigenvalue weighted by Crippen LogP contribution is 2.22. The van der Waals surface area contributed by atoms with E-state index in [9.17, 15) is 9.18 Å². The third-order valence-electron chi connectivity index (χ3n) is 3.64. The van der Waals surface area contributed by atoms with E-state index >= 15 is 0 Å². The zero-order valence-electron chi connectivity index (χ0n) is 11.5. The van der Waals surface area contributed by atoms with Gasteiger partial charge in [0.25, 0.3) is 0 Å². The van der Waals surface area contributed by atoms with Crippen molar-refractivity contribution in [3.63, 3.8) is 0 Å². The Bertz CT molecular complexity index is 432. The summed E-state index contributed by atoms with van der Waals surface area (Å²) in [6.07, 6.45) is 0.920. The van der Waals surface area contributed by atoms with E-state index in [0.717, 1.165) is 25.2 Å². The Morgan fingerprint density at radius 1 is 1.37 bits per heavy atom. The summed E-state index contributed by atoms with van der Waals surface area (Å²) in [5, 5.41) is 3.30. The van der Waals surface area contributed by atoms with Crippen molar-refractivity contribution in [2.75, 3.05) is 24.5 Å². The van der Waals surface area contributed by atoms with Gasteiger partial charge in [-0.2, -0.15) is 0 Å². The molecule has 19 heavy (non-hydrogen) atoms. The standard InChI is InChI=1S/C15H21FN2O/c1-3-18(14-6-4-13(16)5-7-14)15(19)12-8-11(2)9-17-10-12/h4-7,11-12,17H,3,8-10H2,1-2H3. The lowest BCUT2D eigenvalue weighted by atomic mass is 9.90. The van der Waals surface area contributed by atoms with E-state index in [0.29, 0.717) is 12.5 Å². The van der Waals surface area contributed by atoms with Crippen molar-refractivity contribution in [1.82, 2.24) is 5.32 Å². The predicted molar refractivity (Wildman–Crippen MR) is 74.6 cm³/mol. The minimum atomic E-state index is -0.278. The van der Waals surface area contributed by atoms with E-state index in [4.69, 9.17) is 0 Å².